The van der Waals surface area contributed by atoms with Gasteiger partial charge >= 0.3 is 0 Å². The number of benzene rings is 8. The van der Waals surface area contributed by atoms with Gasteiger partial charge in [0.25, 0.3) is 0 Å². The van der Waals surface area contributed by atoms with Gasteiger partial charge in [0, 0.05) is 47.6 Å². The molecule has 8 aromatic carbocycles. The molecule has 0 unspecified atom stereocenters. The molecule has 0 amide bonds. The van der Waals surface area contributed by atoms with Crippen molar-refractivity contribution in [2.45, 2.75) is 0 Å². The second-order valence-corrected chi connectivity index (χ2v) is 13.8. The fourth-order valence-electron chi connectivity index (χ4n) is 7.59. The average Bonchev–Trinajstić information content (AvgIpc) is 3.75. The molecule has 0 bridgehead atoms. The van der Waals surface area contributed by atoms with Crippen LogP contribution >= 0.6 is 11.3 Å². The summed E-state index contributed by atoms with van der Waals surface area (Å²) in [7, 11) is 0. The molecule has 11 rings (SSSR count). The molecular weight excluding hydrogens is 631 g/mol. The summed E-state index contributed by atoms with van der Waals surface area (Å²) in [6.45, 7) is 0. The van der Waals surface area contributed by atoms with Gasteiger partial charge < -0.3 is 4.42 Å². The Bertz CT molecular complexity index is 3170. The van der Waals surface area contributed by atoms with Crippen molar-refractivity contribution in [3.05, 3.63) is 152 Å². The van der Waals surface area contributed by atoms with E-state index in [1.54, 1.807) is 11.3 Å². The minimum absolute atomic E-state index is 0.606. The number of aromatic nitrogens is 3. The fourth-order valence-corrected chi connectivity index (χ4v) is 8.80. The van der Waals surface area contributed by atoms with E-state index in [1.807, 2.05) is 18.2 Å². The van der Waals surface area contributed by atoms with Crippen molar-refractivity contribution in [2.75, 3.05) is 0 Å². The number of nitrogens with zero attached hydrogens (tertiary/aromatic N) is 3. The second-order valence-electron chi connectivity index (χ2n) is 12.7. The summed E-state index contributed by atoms with van der Waals surface area (Å²) >= 11 is 1.78. The third-order valence-corrected chi connectivity index (χ3v) is 11.2. The monoisotopic (exact) mass is 655 g/mol. The molecule has 3 heterocycles. The maximum atomic E-state index is 6.30. The van der Waals surface area contributed by atoms with Crippen LogP contribution in [0.15, 0.2) is 156 Å². The summed E-state index contributed by atoms with van der Waals surface area (Å²) in [5.74, 6) is 1.89. The van der Waals surface area contributed by atoms with E-state index >= 15 is 0 Å². The van der Waals surface area contributed by atoms with Crippen LogP contribution in [0.25, 0.3) is 109 Å². The highest BCUT2D eigenvalue weighted by Crippen LogP contribution is 2.41. The number of hydrogen-bond donors (Lipinski definition) is 0. The molecule has 0 atom stereocenters. The van der Waals surface area contributed by atoms with E-state index in [2.05, 4.69) is 133 Å². The molecule has 50 heavy (non-hydrogen) atoms. The zero-order valence-electron chi connectivity index (χ0n) is 26.6. The Morgan fingerprint density at radius 3 is 1.90 bits per heavy atom. The van der Waals surface area contributed by atoms with Crippen LogP contribution in [-0.2, 0) is 0 Å². The Labute approximate surface area is 289 Å². The lowest BCUT2D eigenvalue weighted by Gasteiger charge is -2.13. The predicted octanol–water partition coefficient (Wildman–Crippen LogP) is 12.6. The number of para-hydroxylation sites is 1. The van der Waals surface area contributed by atoms with Gasteiger partial charge in [0.15, 0.2) is 17.5 Å². The maximum Gasteiger partial charge on any atom is 0.165 e. The highest BCUT2D eigenvalue weighted by atomic mass is 32.1. The van der Waals surface area contributed by atoms with E-state index in [1.165, 1.54) is 47.1 Å². The molecule has 0 aliphatic carbocycles. The van der Waals surface area contributed by atoms with Crippen LogP contribution < -0.4 is 0 Å². The minimum Gasteiger partial charge on any atom is -0.456 e. The Morgan fingerprint density at radius 2 is 0.980 bits per heavy atom. The average molecular weight is 656 g/mol. The van der Waals surface area contributed by atoms with Crippen LogP contribution in [0.2, 0.25) is 0 Å². The van der Waals surface area contributed by atoms with Gasteiger partial charge in [-0.3, -0.25) is 0 Å². The van der Waals surface area contributed by atoms with Crippen LogP contribution in [0, 0.1) is 0 Å². The minimum atomic E-state index is 0.606. The third-order valence-electron chi connectivity index (χ3n) is 9.94. The molecule has 3 aromatic heterocycles. The zero-order chi connectivity index (χ0) is 32.8. The zero-order valence-corrected chi connectivity index (χ0v) is 27.4. The molecule has 0 saturated carbocycles. The Hall–Kier alpha value is -6.43. The van der Waals surface area contributed by atoms with Crippen molar-refractivity contribution in [1.29, 1.82) is 0 Å². The van der Waals surface area contributed by atoms with Gasteiger partial charge in [-0.2, -0.15) is 0 Å². The molecule has 232 valence electrons. The second kappa shape index (κ2) is 10.5. The Morgan fingerprint density at radius 1 is 0.380 bits per heavy atom. The summed E-state index contributed by atoms with van der Waals surface area (Å²) in [5.41, 5.74) is 4.51. The van der Waals surface area contributed by atoms with E-state index in [0.29, 0.717) is 17.5 Å². The van der Waals surface area contributed by atoms with Crippen molar-refractivity contribution in [3.63, 3.8) is 0 Å². The van der Waals surface area contributed by atoms with Gasteiger partial charge in [0.05, 0.1) is 0 Å². The first-order valence-electron chi connectivity index (χ1n) is 16.7. The number of fused-ring (bicyclic) bond motifs is 11. The van der Waals surface area contributed by atoms with Crippen molar-refractivity contribution in [3.8, 4) is 34.2 Å². The lowest BCUT2D eigenvalue weighted by Crippen LogP contribution is -2.00. The van der Waals surface area contributed by atoms with Gasteiger partial charge in [-0.25, -0.2) is 15.0 Å². The van der Waals surface area contributed by atoms with Crippen LogP contribution in [0.4, 0.5) is 0 Å². The normalized spacial score (nSPS) is 12.0. The number of rotatable bonds is 3. The number of thiophene rings is 1. The third kappa shape index (κ3) is 4.08. The number of furan rings is 1. The van der Waals surface area contributed by atoms with E-state index < -0.39 is 0 Å². The van der Waals surface area contributed by atoms with Gasteiger partial charge in [-0.1, -0.05) is 121 Å². The predicted molar refractivity (Wildman–Crippen MR) is 209 cm³/mol. The lowest BCUT2D eigenvalue weighted by molar-refractivity contribution is 0.669. The van der Waals surface area contributed by atoms with E-state index in [9.17, 15) is 0 Å². The molecule has 0 saturated heterocycles. The maximum absolute atomic E-state index is 6.30. The SMILES string of the molecule is c1ccc2c(c1)ccc1c3cccc(-c4nc(-c5ccc6c(c5)oc5ccccc56)nc(-c5cccc6c5sc5ccccc56)n4)c3ccc21. The molecule has 0 fully saturated rings. The first-order valence-corrected chi connectivity index (χ1v) is 17.5. The quantitative estimate of drug-likeness (QED) is 0.178. The first-order chi connectivity index (χ1) is 24.8. The molecule has 5 heteroatoms. The fraction of sp³-hybridized carbons (Fsp3) is 0. The van der Waals surface area contributed by atoms with Crippen molar-refractivity contribution in [2.24, 2.45) is 0 Å². The standard InChI is InChI=1S/C45H25N3OS/c1-2-10-28-26(9-1)19-21-31-29-13-7-15-37(32(29)24-23-30(28)31)44-46-43(27-20-22-34-33-11-3-5-17-39(33)49-40(34)25-27)47-45(48-44)38-16-8-14-36-35-12-4-6-18-41(35)50-42(36)38/h1-25H. The Balaban J connectivity index is 1.18. The first kappa shape index (κ1) is 27.5. The lowest BCUT2D eigenvalue weighted by atomic mass is 9.95. The largest absolute Gasteiger partial charge is 0.456 e. The highest BCUT2D eigenvalue weighted by Gasteiger charge is 2.19. The highest BCUT2D eigenvalue weighted by molar-refractivity contribution is 7.26. The summed E-state index contributed by atoms with van der Waals surface area (Å²) < 4.78 is 8.71. The Kier molecular flexibility index (Phi) is 5.80. The van der Waals surface area contributed by atoms with Crippen molar-refractivity contribution in [1.82, 2.24) is 15.0 Å². The van der Waals surface area contributed by atoms with Crippen molar-refractivity contribution < 1.29 is 4.42 Å². The number of hydrogen-bond acceptors (Lipinski definition) is 5. The molecule has 0 radical (unpaired) electrons. The van der Waals surface area contributed by atoms with Gasteiger partial charge in [-0.05, 0) is 62.6 Å². The van der Waals surface area contributed by atoms with Crippen LogP contribution in [-0.4, -0.2) is 15.0 Å². The molecular formula is C45H25N3OS. The summed E-state index contributed by atoms with van der Waals surface area (Å²) in [5, 5.41) is 11.8. The molecule has 4 nitrogen and oxygen atoms in total. The van der Waals surface area contributed by atoms with Gasteiger partial charge in [0.2, 0.25) is 0 Å². The molecule has 11 aromatic rings. The summed E-state index contributed by atoms with van der Waals surface area (Å²) in [6, 6.07) is 53.3. The van der Waals surface area contributed by atoms with Crippen LogP contribution in [0.5, 0.6) is 0 Å². The van der Waals surface area contributed by atoms with Gasteiger partial charge in [-0.15, -0.1) is 11.3 Å². The molecule has 0 aliphatic heterocycles. The van der Waals surface area contributed by atoms with Gasteiger partial charge in [0.1, 0.15) is 11.2 Å². The molecule has 0 N–H and O–H groups in total. The smallest absolute Gasteiger partial charge is 0.165 e. The van der Waals surface area contributed by atoms with E-state index in [-0.39, 0.29) is 0 Å². The summed E-state index contributed by atoms with van der Waals surface area (Å²) in [6.07, 6.45) is 0. The molecule has 0 spiro atoms. The van der Waals surface area contributed by atoms with Crippen molar-refractivity contribution >= 4 is 85.8 Å². The van der Waals surface area contributed by atoms with Crippen LogP contribution in [0.1, 0.15) is 0 Å². The summed E-state index contributed by atoms with van der Waals surface area (Å²) in [4.78, 5) is 15.6. The van der Waals surface area contributed by atoms with E-state index in [4.69, 9.17) is 19.4 Å². The van der Waals surface area contributed by atoms with E-state index in [0.717, 1.165) is 44.0 Å². The topological polar surface area (TPSA) is 51.8 Å². The molecule has 0 aliphatic rings. The van der Waals surface area contributed by atoms with Crippen LogP contribution in [0.3, 0.4) is 0 Å².